The molecule has 0 aliphatic rings. The van der Waals surface area contributed by atoms with Gasteiger partial charge in [0.2, 0.25) is 5.95 Å². The zero-order valence-electron chi connectivity index (χ0n) is 11.5. The van der Waals surface area contributed by atoms with Gasteiger partial charge < -0.3 is 16.6 Å². The van der Waals surface area contributed by atoms with Gasteiger partial charge in [-0.2, -0.15) is 9.97 Å². The molecule has 2 aromatic heterocycles. The minimum Gasteiger partial charge on any atom is -0.392 e. The summed E-state index contributed by atoms with van der Waals surface area (Å²) in [4.78, 5) is 12.5. The van der Waals surface area contributed by atoms with Crippen molar-refractivity contribution in [2.75, 3.05) is 11.5 Å². The lowest BCUT2D eigenvalue weighted by molar-refractivity contribution is 0.282. The van der Waals surface area contributed by atoms with Crippen molar-refractivity contribution in [1.82, 2.24) is 15.0 Å². The number of nitrogen functional groups attached to an aromatic ring is 2. The number of fused-ring (bicyclic) bond motifs is 1. The summed E-state index contributed by atoms with van der Waals surface area (Å²) in [5.41, 5.74) is 15.3. The van der Waals surface area contributed by atoms with Crippen LogP contribution >= 0.6 is 0 Å². The maximum atomic E-state index is 9.61. The smallest absolute Gasteiger partial charge is 0.224 e. The van der Waals surface area contributed by atoms with Gasteiger partial charge in [-0.15, -0.1) is 0 Å². The summed E-state index contributed by atoms with van der Waals surface area (Å²) in [7, 11) is 0. The molecule has 0 radical (unpaired) electrons. The van der Waals surface area contributed by atoms with Crippen LogP contribution in [0.15, 0.2) is 30.3 Å². The second kappa shape index (κ2) is 4.99. The second-order valence-electron chi connectivity index (χ2n) is 4.86. The molecule has 0 atom stereocenters. The summed E-state index contributed by atoms with van der Waals surface area (Å²) in [6.45, 7) is 1.86. The number of nitrogens with zero attached hydrogens (tertiary/aromatic N) is 3. The molecule has 2 heterocycles. The summed E-state index contributed by atoms with van der Waals surface area (Å²) in [5, 5.41) is 10.2. The number of aromatic nitrogens is 3. The maximum absolute atomic E-state index is 9.61. The minimum atomic E-state index is -0.143. The summed E-state index contributed by atoms with van der Waals surface area (Å²) in [6.07, 6.45) is 0. The van der Waals surface area contributed by atoms with Crippen molar-refractivity contribution in [1.29, 1.82) is 0 Å². The highest BCUT2D eigenvalue weighted by Gasteiger charge is 2.12. The van der Waals surface area contributed by atoms with Crippen LogP contribution in [0.5, 0.6) is 0 Å². The van der Waals surface area contributed by atoms with E-state index < -0.39 is 0 Å². The topological polar surface area (TPSA) is 111 Å². The molecule has 3 aromatic rings. The van der Waals surface area contributed by atoms with Crippen LogP contribution in [0, 0.1) is 6.92 Å². The van der Waals surface area contributed by atoms with Crippen molar-refractivity contribution in [3.05, 3.63) is 41.5 Å². The summed E-state index contributed by atoms with van der Waals surface area (Å²) >= 11 is 0. The molecule has 0 bridgehead atoms. The fourth-order valence-electron chi connectivity index (χ4n) is 2.30. The van der Waals surface area contributed by atoms with Crippen LogP contribution in [0.1, 0.15) is 11.1 Å². The largest absolute Gasteiger partial charge is 0.392 e. The van der Waals surface area contributed by atoms with E-state index in [1.165, 1.54) is 0 Å². The van der Waals surface area contributed by atoms with Gasteiger partial charge in [0, 0.05) is 11.1 Å². The van der Waals surface area contributed by atoms with Crippen LogP contribution in [0.4, 0.5) is 11.8 Å². The Hall–Kier alpha value is -2.73. The van der Waals surface area contributed by atoms with Crippen LogP contribution in [-0.4, -0.2) is 20.1 Å². The van der Waals surface area contributed by atoms with E-state index in [1.54, 1.807) is 6.07 Å². The van der Waals surface area contributed by atoms with E-state index in [-0.39, 0.29) is 18.4 Å². The molecule has 0 fully saturated rings. The first kappa shape index (κ1) is 13.3. The van der Waals surface area contributed by atoms with Gasteiger partial charge in [-0.05, 0) is 19.1 Å². The SMILES string of the molecule is Cc1cccc(-c2nc3nc(N)nc(N)c3cc2CO)c1. The highest BCUT2D eigenvalue weighted by Crippen LogP contribution is 2.27. The van der Waals surface area contributed by atoms with E-state index in [9.17, 15) is 5.11 Å². The van der Waals surface area contributed by atoms with E-state index in [0.29, 0.717) is 22.3 Å². The van der Waals surface area contributed by atoms with Crippen molar-refractivity contribution in [3.8, 4) is 11.3 Å². The molecule has 0 aliphatic carbocycles. The van der Waals surface area contributed by atoms with Crippen LogP contribution in [0.3, 0.4) is 0 Å². The fourth-order valence-corrected chi connectivity index (χ4v) is 2.30. The Bertz CT molecular complexity index is 832. The average Bonchev–Trinajstić information content (AvgIpc) is 2.46. The summed E-state index contributed by atoms with van der Waals surface area (Å²) in [6, 6.07) is 9.64. The predicted molar refractivity (Wildman–Crippen MR) is 82.3 cm³/mol. The molecule has 0 saturated heterocycles. The number of rotatable bonds is 2. The number of nitrogens with two attached hydrogens (primary N) is 2. The number of pyridine rings is 1. The Balaban J connectivity index is 2.31. The molecule has 0 amide bonds. The number of hydrogen-bond donors (Lipinski definition) is 3. The molecular weight excluding hydrogens is 266 g/mol. The molecule has 6 nitrogen and oxygen atoms in total. The standard InChI is InChI=1S/C15H15N5O/c1-8-3-2-4-9(5-8)12-10(7-21)6-11-13(16)19-15(17)20-14(11)18-12/h2-6,21H,7H2,1H3,(H4,16,17,18,19,20). The first-order valence-corrected chi connectivity index (χ1v) is 6.49. The van der Waals surface area contributed by atoms with Crippen molar-refractivity contribution >= 4 is 22.8 Å². The number of aryl methyl sites for hydroxylation is 1. The summed E-state index contributed by atoms with van der Waals surface area (Å²) in [5.74, 6) is 0.343. The van der Waals surface area contributed by atoms with Crippen molar-refractivity contribution in [2.24, 2.45) is 0 Å². The number of benzene rings is 1. The minimum absolute atomic E-state index is 0.0828. The van der Waals surface area contributed by atoms with Gasteiger partial charge in [-0.25, -0.2) is 4.98 Å². The molecule has 0 spiro atoms. The molecule has 1 aromatic carbocycles. The zero-order chi connectivity index (χ0) is 15.0. The van der Waals surface area contributed by atoms with E-state index in [1.807, 2.05) is 31.2 Å². The van der Waals surface area contributed by atoms with Gasteiger partial charge in [0.05, 0.1) is 17.7 Å². The normalized spacial score (nSPS) is 11.0. The van der Waals surface area contributed by atoms with Gasteiger partial charge >= 0.3 is 0 Å². The van der Waals surface area contributed by atoms with Crippen molar-refractivity contribution in [3.63, 3.8) is 0 Å². The van der Waals surface area contributed by atoms with Gasteiger partial charge in [0.15, 0.2) is 5.65 Å². The molecule has 106 valence electrons. The Morgan fingerprint density at radius 1 is 1.10 bits per heavy atom. The molecule has 21 heavy (non-hydrogen) atoms. The van der Waals surface area contributed by atoms with E-state index in [0.717, 1.165) is 11.1 Å². The molecule has 6 heteroatoms. The van der Waals surface area contributed by atoms with E-state index >= 15 is 0 Å². The molecule has 3 rings (SSSR count). The third kappa shape index (κ3) is 2.36. The molecule has 0 aliphatic heterocycles. The lowest BCUT2D eigenvalue weighted by Gasteiger charge is -2.10. The second-order valence-corrected chi connectivity index (χ2v) is 4.86. The third-order valence-electron chi connectivity index (χ3n) is 3.27. The Kier molecular flexibility index (Phi) is 3.15. The molecule has 5 N–H and O–H groups in total. The quantitative estimate of drug-likeness (QED) is 0.658. The van der Waals surface area contributed by atoms with Gasteiger partial charge in [-0.3, -0.25) is 0 Å². The van der Waals surface area contributed by atoms with E-state index in [2.05, 4.69) is 15.0 Å². The third-order valence-corrected chi connectivity index (χ3v) is 3.27. The van der Waals surface area contributed by atoms with Gasteiger partial charge in [0.1, 0.15) is 5.82 Å². The Labute approximate surface area is 121 Å². The highest BCUT2D eigenvalue weighted by molar-refractivity contribution is 5.89. The highest BCUT2D eigenvalue weighted by atomic mass is 16.3. The number of hydrogen-bond acceptors (Lipinski definition) is 6. The lowest BCUT2D eigenvalue weighted by atomic mass is 10.0. The fraction of sp³-hybridized carbons (Fsp3) is 0.133. The van der Waals surface area contributed by atoms with E-state index in [4.69, 9.17) is 11.5 Å². The monoisotopic (exact) mass is 281 g/mol. The first-order chi connectivity index (χ1) is 10.1. The van der Waals surface area contributed by atoms with Crippen LogP contribution in [0.25, 0.3) is 22.3 Å². The molecular formula is C15H15N5O. The van der Waals surface area contributed by atoms with Crippen molar-refractivity contribution in [2.45, 2.75) is 13.5 Å². The Morgan fingerprint density at radius 3 is 2.62 bits per heavy atom. The first-order valence-electron chi connectivity index (χ1n) is 6.49. The van der Waals surface area contributed by atoms with Crippen LogP contribution in [-0.2, 0) is 6.61 Å². The number of anilines is 2. The average molecular weight is 281 g/mol. The molecule has 0 saturated carbocycles. The van der Waals surface area contributed by atoms with Crippen LogP contribution in [0.2, 0.25) is 0 Å². The number of aliphatic hydroxyl groups is 1. The predicted octanol–water partition coefficient (Wildman–Crippen LogP) is 1.66. The molecule has 0 unspecified atom stereocenters. The number of aliphatic hydroxyl groups excluding tert-OH is 1. The zero-order valence-corrected chi connectivity index (χ0v) is 11.5. The van der Waals surface area contributed by atoms with Crippen molar-refractivity contribution < 1.29 is 5.11 Å². The maximum Gasteiger partial charge on any atom is 0.224 e. The Morgan fingerprint density at radius 2 is 1.90 bits per heavy atom. The van der Waals surface area contributed by atoms with Gasteiger partial charge in [-0.1, -0.05) is 23.8 Å². The lowest BCUT2D eigenvalue weighted by Crippen LogP contribution is -2.04. The van der Waals surface area contributed by atoms with Gasteiger partial charge in [0.25, 0.3) is 0 Å². The van der Waals surface area contributed by atoms with Crippen LogP contribution < -0.4 is 11.5 Å². The summed E-state index contributed by atoms with van der Waals surface area (Å²) < 4.78 is 0.